The van der Waals surface area contributed by atoms with Gasteiger partial charge in [0.15, 0.2) is 38.4 Å². The van der Waals surface area contributed by atoms with Crippen LogP contribution in [0.25, 0.3) is 5.69 Å². The number of thioether (sulfide) groups is 1. The van der Waals surface area contributed by atoms with Crippen molar-refractivity contribution in [2.75, 3.05) is 23.9 Å². The Morgan fingerprint density at radius 2 is 1.85 bits per heavy atom. The first-order valence-corrected chi connectivity index (χ1v) is 13.3. The van der Waals surface area contributed by atoms with Gasteiger partial charge in [0.25, 0.3) is 0 Å². The largest absolute Gasteiger partial charge is 0.485 e. The maximum absolute atomic E-state index is 12.4. The average molecular weight is 487 g/mol. The molecule has 9 nitrogen and oxygen atoms in total. The molecule has 33 heavy (non-hydrogen) atoms. The smallest absolute Gasteiger partial charge is 0.230 e. The summed E-state index contributed by atoms with van der Waals surface area (Å²) >= 11 is 1.24. The molecule has 172 valence electrons. The second-order valence-corrected chi connectivity index (χ2v) is 11.0. The summed E-state index contributed by atoms with van der Waals surface area (Å²) in [6.45, 7) is 0.281. The summed E-state index contributed by atoms with van der Waals surface area (Å²) < 4.78 is 37.1. The van der Waals surface area contributed by atoms with E-state index < -0.39 is 15.9 Å². The lowest BCUT2D eigenvalue weighted by Gasteiger charge is -2.26. The molecule has 1 aromatic heterocycles. The molecule has 0 aliphatic carbocycles. The van der Waals surface area contributed by atoms with Gasteiger partial charge in [0, 0.05) is 11.7 Å². The molecule has 0 radical (unpaired) electrons. The molecule has 0 spiro atoms. The highest BCUT2D eigenvalue weighted by atomic mass is 32.2. The van der Waals surface area contributed by atoms with Gasteiger partial charge >= 0.3 is 0 Å². The first-order chi connectivity index (χ1) is 16.0. The van der Waals surface area contributed by atoms with Gasteiger partial charge in [0.2, 0.25) is 5.91 Å². The van der Waals surface area contributed by atoms with Crippen molar-refractivity contribution < 1.29 is 22.7 Å². The molecule has 2 aliphatic rings. The van der Waals surface area contributed by atoms with Crippen molar-refractivity contribution in [1.82, 2.24) is 20.1 Å². The number of ether oxygens (including phenoxy) is 2. The third-order valence-corrected chi connectivity index (χ3v) is 8.10. The minimum Gasteiger partial charge on any atom is -0.485 e. The number of hydrogen-bond acceptors (Lipinski definition) is 8. The van der Waals surface area contributed by atoms with E-state index in [2.05, 4.69) is 15.5 Å². The number of hydrogen-bond donors (Lipinski definition) is 1. The van der Waals surface area contributed by atoms with Crippen LogP contribution in [-0.2, 0) is 14.6 Å². The number of carbonyl (C=O) groups is 1. The number of sulfone groups is 1. The SMILES string of the molecule is O=C(CSc1nnc([C@@H]2COc3ccccc3O2)n1-c1ccccc1)N[C@H]1CCS(=O)(=O)C1. The Bertz CT molecular complexity index is 1260. The van der Waals surface area contributed by atoms with Gasteiger partial charge in [-0.25, -0.2) is 8.42 Å². The van der Waals surface area contributed by atoms with Crippen LogP contribution in [0.15, 0.2) is 59.8 Å². The van der Waals surface area contributed by atoms with E-state index in [4.69, 9.17) is 9.47 Å². The topological polar surface area (TPSA) is 112 Å². The maximum Gasteiger partial charge on any atom is 0.230 e. The van der Waals surface area contributed by atoms with E-state index in [0.717, 1.165) is 5.69 Å². The van der Waals surface area contributed by atoms with Gasteiger partial charge in [-0.15, -0.1) is 10.2 Å². The molecule has 1 N–H and O–H groups in total. The van der Waals surface area contributed by atoms with Crippen molar-refractivity contribution in [3.05, 3.63) is 60.4 Å². The van der Waals surface area contributed by atoms with Gasteiger partial charge in [-0.05, 0) is 30.7 Å². The van der Waals surface area contributed by atoms with Crippen LogP contribution in [0.5, 0.6) is 11.5 Å². The van der Waals surface area contributed by atoms with E-state index in [1.54, 1.807) is 0 Å². The Morgan fingerprint density at radius 3 is 2.61 bits per heavy atom. The van der Waals surface area contributed by atoms with Crippen LogP contribution < -0.4 is 14.8 Å². The lowest BCUT2D eigenvalue weighted by atomic mass is 10.2. The van der Waals surface area contributed by atoms with Gasteiger partial charge in [-0.2, -0.15) is 0 Å². The molecule has 2 aliphatic heterocycles. The monoisotopic (exact) mass is 486 g/mol. The molecule has 1 amide bonds. The highest BCUT2D eigenvalue weighted by Crippen LogP contribution is 2.36. The standard InChI is InChI=1S/C22H22N4O5S2/c27-20(23-15-10-11-33(28,29)14-15)13-32-22-25-24-21(26(22)16-6-2-1-3-7-16)19-12-30-17-8-4-5-9-18(17)31-19/h1-9,15,19H,10-14H2,(H,23,27)/t15-,19-/m0/s1. The van der Waals surface area contributed by atoms with Crippen molar-refractivity contribution >= 4 is 27.5 Å². The number of para-hydroxylation sites is 3. The lowest BCUT2D eigenvalue weighted by molar-refractivity contribution is -0.119. The Balaban J connectivity index is 1.35. The van der Waals surface area contributed by atoms with Crippen LogP contribution in [0.2, 0.25) is 0 Å². The molecule has 1 fully saturated rings. The third-order valence-electron chi connectivity index (χ3n) is 5.40. The minimum atomic E-state index is -3.06. The first kappa shape index (κ1) is 21.8. The van der Waals surface area contributed by atoms with Crippen molar-refractivity contribution in [2.45, 2.75) is 23.7 Å². The molecule has 5 rings (SSSR count). The summed E-state index contributed by atoms with van der Waals surface area (Å²) in [7, 11) is -3.06. The highest BCUT2D eigenvalue weighted by Gasteiger charge is 2.31. The second kappa shape index (κ2) is 9.06. The van der Waals surface area contributed by atoms with E-state index in [1.807, 2.05) is 59.2 Å². The molecule has 3 heterocycles. The maximum atomic E-state index is 12.4. The number of carbonyl (C=O) groups excluding carboxylic acids is 1. The summed E-state index contributed by atoms with van der Waals surface area (Å²) in [6, 6.07) is 16.7. The average Bonchev–Trinajstić information content (AvgIpc) is 3.40. The third kappa shape index (κ3) is 4.83. The molecule has 11 heteroatoms. The number of nitrogens with zero attached hydrogens (tertiary/aromatic N) is 3. The number of amides is 1. The number of fused-ring (bicyclic) bond motifs is 1. The van der Waals surface area contributed by atoms with Gasteiger partial charge in [-0.1, -0.05) is 42.1 Å². The van der Waals surface area contributed by atoms with Crippen molar-refractivity contribution in [2.24, 2.45) is 0 Å². The Hall–Kier alpha value is -3.05. The van der Waals surface area contributed by atoms with Crippen LogP contribution in [0, 0.1) is 0 Å². The molecule has 2 atom stereocenters. The molecule has 1 saturated heterocycles. The van der Waals surface area contributed by atoms with Crippen molar-refractivity contribution in [1.29, 1.82) is 0 Å². The zero-order chi connectivity index (χ0) is 22.8. The van der Waals surface area contributed by atoms with Gasteiger partial charge < -0.3 is 14.8 Å². The predicted molar refractivity (Wildman–Crippen MR) is 123 cm³/mol. The Kier molecular flexibility index (Phi) is 5.98. The molecule has 0 saturated carbocycles. The first-order valence-electron chi connectivity index (χ1n) is 10.5. The van der Waals surface area contributed by atoms with Gasteiger partial charge in [-0.3, -0.25) is 9.36 Å². The van der Waals surface area contributed by atoms with Crippen LogP contribution >= 0.6 is 11.8 Å². The van der Waals surface area contributed by atoms with E-state index in [9.17, 15) is 13.2 Å². The van der Waals surface area contributed by atoms with Crippen molar-refractivity contribution in [3.63, 3.8) is 0 Å². The fraction of sp³-hybridized carbons (Fsp3) is 0.318. The molecular formula is C22H22N4O5S2. The molecular weight excluding hydrogens is 464 g/mol. The molecule has 2 aromatic carbocycles. The predicted octanol–water partition coefficient (Wildman–Crippen LogP) is 2.18. The highest BCUT2D eigenvalue weighted by molar-refractivity contribution is 7.99. The summed E-state index contributed by atoms with van der Waals surface area (Å²) in [5.41, 5.74) is 0.838. The summed E-state index contributed by atoms with van der Waals surface area (Å²) in [4.78, 5) is 12.4. The number of aromatic nitrogens is 3. The second-order valence-electron chi connectivity index (χ2n) is 7.83. The number of rotatable bonds is 6. The lowest BCUT2D eigenvalue weighted by Crippen LogP contribution is -2.36. The fourth-order valence-electron chi connectivity index (χ4n) is 3.86. The Labute approximate surface area is 195 Å². The molecule has 3 aromatic rings. The van der Waals surface area contributed by atoms with Crippen LogP contribution in [0.1, 0.15) is 18.3 Å². The zero-order valence-corrected chi connectivity index (χ0v) is 19.2. The van der Waals surface area contributed by atoms with E-state index in [-0.39, 0.29) is 35.8 Å². The number of benzene rings is 2. The summed E-state index contributed by atoms with van der Waals surface area (Å²) in [6.07, 6.45) is -0.0247. The van der Waals surface area contributed by atoms with Crippen molar-refractivity contribution in [3.8, 4) is 17.2 Å². The van der Waals surface area contributed by atoms with E-state index >= 15 is 0 Å². The van der Waals surface area contributed by atoms with E-state index in [1.165, 1.54) is 11.8 Å². The van der Waals surface area contributed by atoms with Gasteiger partial charge in [0.1, 0.15) is 6.61 Å². The molecule has 0 unspecified atom stereocenters. The fourth-order valence-corrected chi connectivity index (χ4v) is 6.30. The summed E-state index contributed by atoms with van der Waals surface area (Å²) in [5, 5.41) is 12.0. The van der Waals surface area contributed by atoms with E-state index in [0.29, 0.717) is 28.9 Å². The van der Waals surface area contributed by atoms with Crippen LogP contribution in [-0.4, -0.2) is 59.0 Å². The molecule has 0 bridgehead atoms. The summed E-state index contributed by atoms with van der Waals surface area (Å²) in [5.74, 6) is 1.85. The quantitative estimate of drug-likeness (QED) is 0.528. The Morgan fingerprint density at radius 1 is 1.09 bits per heavy atom. The zero-order valence-electron chi connectivity index (χ0n) is 17.6. The number of nitrogens with one attached hydrogen (secondary N) is 1. The normalized spacial score (nSPS) is 21.0. The minimum absolute atomic E-state index is 0.00571. The van der Waals surface area contributed by atoms with Crippen LogP contribution in [0.4, 0.5) is 0 Å². The van der Waals surface area contributed by atoms with Crippen LogP contribution in [0.3, 0.4) is 0 Å². The van der Waals surface area contributed by atoms with Gasteiger partial charge in [0.05, 0.1) is 17.3 Å².